The molecule has 4 rings (SSSR count). The lowest BCUT2D eigenvalue weighted by Crippen LogP contribution is -2.20. The second-order valence-corrected chi connectivity index (χ2v) is 9.73. The predicted octanol–water partition coefficient (Wildman–Crippen LogP) is 4.74. The van der Waals surface area contributed by atoms with Gasteiger partial charge in [0.05, 0.1) is 28.7 Å². The zero-order valence-corrected chi connectivity index (χ0v) is 19.8. The van der Waals surface area contributed by atoms with Crippen LogP contribution in [0.25, 0.3) is 22.2 Å². The number of fused-ring (bicyclic) bond motifs is 1. The average Bonchev–Trinajstić information content (AvgIpc) is 2.81. The Hall–Kier alpha value is -4.04. The molecule has 0 spiro atoms. The number of benzene rings is 3. The van der Waals surface area contributed by atoms with Gasteiger partial charge >= 0.3 is 0 Å². The summed E-state index contributed by atoms with van der Waals surface area (Å²) in [7, 11) is -3.35. The summed E-state index contributed by atoms with van der Waals surface area (Å²) in [6.07, 6.45) is 1.09. The quantitative estimate of drug-likeness (QED) is 0.313. The molecule has 0 aliphatic rings. The number of amides is 1. The van der Waals surface area contributed by atoms with Crippen LogP contribution in [0.5, 0.6) is 0 Å². The number of hydrazone groups is 1. The number of carbonyl (C=O) groups is 1. The molecule has 0 unspecified atom stereocenters. The van der Waals surface area contributed by atoms with E-state index < -0.39 is 10.0 Å². The predicted molar refractivity (Wildman–Crippen MR) is 137 cm³/mol. The summed E-state index contributed by atoms with van der Waals surface area (Å²) < 4.78 is 25.2. The van der Waals surface area contributed by atoms with E-state index in [4.69, 9.17) is 4.98 Å². The Labute approximate surface area is 198 Å². The Balaban J connectivity index is 1.63. The molecular formula is C26H24N4O3S. The number of nitrogens with one attached hydrogen (secondary N) is 2. The third-order valence-corrected chi connectivity index (χ3v) is 5.92. The van der Waals surface area contributed by atoms with Crippen LogP contribution in [-0.4, -0.2) is 31.3 Å². The third kappa shape index (κ3) is 5.29. The minimum Gasteiger partial charge on any atom is -0.284 e. The first-order valence-electron chi connectivity index (χ1n) is 10.6. The SMILES string of the molecule is CC(=NNC(=O)c1cc(-c2ccccc2C)nc2ccccc12)c1ccc(NS(C)(=O)=O)cc1. The fraction of sp³-hybridized carbons (Fsp3) is 0.115. The van der Waals surface area contributed by atoms with Crippen LogP contribution in [0.2, 0.25) is 0 Å². The number of hydrogen-bond donors (Lipinski definition) is 2. The lowest BCUT2D eigenvalue weighted by molar-refractivity contribution is 0.0956. The third-order valence-electron chi connectivity index (χ3n) is 5.31. The molecule has 172 valence electrons. The molecular weight excluding hydrogens is 448 g/mol. The standard InChI is InChI=1S/C26H24N4O3S/c1-17-8-4-5-9-21(17)25-16-23(22-10-6-7-11-24(22)27-25)26(31)29-28-18(2)19-12-14-20(15-13-19)30-34(3,32)33/h4-16,30H,1-3H3,(H,29,31). The maximum Gasteiger partial charge on any atom is 0.272 e. The largest absolute Gasteiger partial charge is 0.284 e. The molecule has 34 heavy (non-hydrogen) atoms. The molecule has 0 aliphatic heterocycles. The molecule has 1 aromatic heterocycles. The van der Waals surface area contributed by atoms with Crippen molar-refractivity contribution in [2.45, 2.75) is 13.8 Å². The second kappa shape index (κ2) is 9.44. The van der Waals surface area contributed by atoms with Crippen molar-refractivity contribution in [1.29, 1.82) is 0 Å². The van der Waals surface area contributed by atoms with E-state index in [-0.39, 0.29) is 5.91 Å². The fourth-order valence-corrected chi connectivity index (χ4v) is 4.18. The van der Waals surface area contributed by atoms with Gasteiger partial charge in [-0.25, -0.2) is 18.8 Å². The first-order valence-corrected chi connectivity index (χ1v) is 12.5. The molecule has 0 saturated heterocycles. The van der Waals surface area contributed by atoms with Crippen molar-refractivity contribution in [3.8, 4) is 11.3 Å². The van der Waals surface area contributed by atoms with Gasteiger partial charge in [0.1, 0.15) is 0 Å². The molecule has 0 bridgehead atoms. The van der Waals surface area contributed by atoms with Crippen LogP contribution in [0.15, 0.2) is 84.0 Å². The van der Waals surface area contributed by atoms with Gasteiger partial charge in [0.15, 0.2) is 0 Å². The maximum atomic E-state index is 13.2. The van der Waals surface area contributed by atoms with E-state index in [9.17, 15) is 13.2 Å². The summed E-state index contributed by atoms with van der Waals surface area (Å²) >= 11 is 0. The van der Waals surface area contributed by atoms with Gasteiger partial charge in [0, 0.05) is 16.6 Å². The highest BCUT2D eigenvalue weighted by Gasteiger charge is 2.15. The topological polar surface area (TPSA) is 101 Å². The van der Waals surface area contributed by atoms with Gasteiger partial charge in [0.25, 0.3) is 5.91 Å². The van der Waals surface area contributed by atoms with E-state index in [2.05, 4.69) is 15.2 Å². The van der Waals surface area contributed by atoms with E-state index in [1.54, 1.807) is 37.3 Å². The molecule has 0 atom stereocenters. The van der Waals surface area contributed by atoms with E-state index >= 15 is 0 Å². The minimum atomic E-state index is -3.35. The van der Waals surface area contributed by atoms with Crippen molar-refractivity contribution in [3.63, 3.8) is 0 Å². The molecule has 1 heterocycles. The van der Waals surface area contributed by atoms with Gasteiger partial charge in [-0.05, 0) is 49.2 Å². The summed E-state index contributed by atoms with van der Waals surface area (Å²) in [5, 5.41) is 5.00. The Morgan fingerprint density at radius 2 is 1.62 bits per heavy atom. The summed E-state index contributed by atoms with van der Waals surface area (Å²) in [6.45, 7) is 3.78. The van der Waals surface area contributed by atoms with Crippen LogP contribution < -0.4 is 10.1 Å². The average molecular weight is 473 g/mol. The van der Waals surface area contributed by atoms with E-state index in [1.807, 2.05) is 55.5 Å². The van der Waals surface area contributed by atoms with Crippen LogP contribution >= 0.6 is 0 Å². The molecule has 0 aliphatic carbocycles. The Morgan fingerprint density at radius 1 is 0.941 bits per heavy atom. The molecule has 7 nitrogen and oxygen atoms in total. The highest BCUT2D eigenvalue weighted by molar-refractivity contribution is 7.92. The number of aryl methyl sites for hydroxylation is 1. The zero-order chi connectivity index (χ0) is 24.3. The smallest absolute Gasteiger partial charge is 0.272 e. The highest BCUT2D eigenvalue weighted by atomic mass is 32.2. The van der Waals surface area contributed by atoms with Crippen molar-refractivity contribution in [3.05, 3.63) is 95.6 Å². The Bertz CT molecular complexity index is 1510. The first kappa shape index (κ1) is 23.1. The van der Waals surface area contributed by atoms with Crippen LogP contribution in [0.4, 0.5) is 5.69 Å². The van der Waals surface area contributed by atoms with Crippen LogP contribution in [0.3, 0.4) is 0 Å². The number of anilines is 1. The zero-order valence-electron chi connectivity index (χ0n) is 19.0. The molecule has 3 aromatic carbocycles. The lowest BCUT2D eigenvalue weighted by atomic mass is 10.0. The van der Waals surface area contributed by atoms with Gasteiger partial charge in [-0.1, -0.05) is 54.6 Å². The van der Waals surface area contributed by atoms with Gasteiger partial charge < -0.3 is 0 Å². The summed E-state index contributed by atoms with van der Waals surface area (Å²) in [4.78, 5) is 17.9. The molecule has 0 saturated carbocycles. The number of pyridine rings is 1. The molecule has 1 amide bonds. The number of aromatic nitrogens is 1. The summed E-state index contributed by atoms with van der Waals surface area (Å²) in [5.74, 6) is -0.344. The van der Waals surface area contributed by atoms with Crippen LogP contribution in [-0.2, 0) is 10.0 Å². The maximum absolute atomic E-state index is 13.2. The highest BCUT2D eigenvalue weighted by Crippen LogP contribution is 2.27. The number of carbonyl (C=O) groups excluding carboxylic acids is 1. The van der Waals surface area contributed by atoms with Gasteiger partial charge in [-0.2, -0.15) is 5.10 Å². The van der Waals surface area contributed by atoms with Gasteiger partial charge in [0.2, 0.25) is 10.0 Å². The van der Waals surface area contributed by atoms with Crippen LogP contribution in [0, 0.1) is 6.92 Å². The molecule has 8 heteroatoms. The summed E-state index contributed by atoms with van der Waals surface area (Å²) in [5.41, 5.74) is 8.38. The van der Waals surface area contributed by atoms with Crippen molar-refractivity contribution in [2.24, 2.45) is 5.10 Å². The lowest BCUT2D eigenvalue weighted by Gasteiger charge is -2.11. The van der Waals surface area contributed by atoms with E-state index in [0.29, 0.717) is 17.0 Å². The van der Waals surface area contributed by atoms with Crippen molar-refractivity contribution < 1.29 is 13.2 Å². The van der Waals surface area contributed by atoms with Gasteiger partial charge in [-0.3, -0.25) is 9.52 Å². The number of para-hydroxylation sites is 1. The van der Waals surface area contributed by atoms with Crippen molar-refractivity contribution in [1.82, 2.24) is 10.4 Å². The molecule has 0 radical (unpaired) electrons. The van der Waals surface area contributed by atoms with E-state index in [1.165, 1.54) is 0 Å². The van der Waals surface area contributed by atoms with Crippen molar-refractivity contribution >= 4 is 38.2 Å². The normalized spacial score (nSPS) is 11.9. The number of rotatable bonds is 6. The van der Waals surface area contributed by atoms with Crippen LogP contribution in [0.1, 0.15) is 28.4 Å². The summed E-state index contributed by atoms with van der Waals surface area (Å²) in [6, 6.07) is 24.0. The van der Waals surface area contributed by atoms with Crippen molar-refractivity contribution in [2.75, 3.05) is 11.0 Å². The number of sulfonamides is 1. The molecule has 4 aromatic rings. The monoisotopic (exact) mass is 472 g/mol. The van der Waals surface area contributed by atoms with Gasteiger partial charge in [-0.15, -0.1) is 0 Å². The molecule has 0 fully saturated rings. The second-order valence-electron chi connectivity index (χ2n) is 7.98. The number of nitrogens with zero attached hydrogens (tertiary/aromatic N) is 2. The first-order chi connectivity index (χ1) is 16.2. The number of hydrogen-bond acceptors (Lipinski definition) is 5. The minimum absolute atomic E-state index is 0.344. The fourth-order valence-electron chi connectivity index (χ4n) is 3.61. The van der Waals surface area contributed by atoms with E-state index in [0.717, 1.165) is 39.5 Å². The Kier molecular flexibility index (Phi) is 6.43. The molecule has 2 N–H and O–H groups in total. The Morgan fingerprint density at radius 3 is 2.32 bits per heavy atom.